The number of rotatable bonds is 8. The van der Waals surface area contributed by atoms with Crippen molar-refractivity contribution >= 4 is 28.5 Å². The highest BCUT2D eigenvalue weighted by molar-refractivity contribution is 6.07. The van der Waals surface area contributed by atoms with Crippen LogP contribution in [0.4, 0.5) is 0 Å². The summed E-state index contributed by atoms with van der Waals surface area (Å²) in [5.74, 6) is -0.188. The van der Waals surface area contributed by atoms with Crippen molar-refractivity contribution in [3.05, 3.63) is 48.0 Å². The molecule has 0 spiro atoms. The zero-order valence-corrected chi connectivity index (χ0v) is 18.6. The van der Waals surface area contributed by atoms with Gasteiger partial charge in [-0.1, -0.05) is 50.2 Å². The summed E-state index contributed by atoms with van der Waals surface area (Å²) in [4.78, 5) is 41.9. The molecule has 6 nitrogen and oxygen atoms in total. The van der Waals surface area contributed by atoms with E-state index in [1.165, 1.54) is 0 Å². The number of fused-ring (bicyclic) bond motifs is 1. The number of carbonyl (C=O) groups excluding carboxylic acids is 3. The number of nitrogens with zero attached hydrogens (tertiary/aromatic N) is 2. The highest BCUT2D eigenvalue weighted by atomic mass is 16.2. The number of likely N-dealkylation sites (tertiary alicyclic amines) is 1. The fourth-order valence-electron chi connectivity index (χ4n) is 4.20. The smallest absolute Gasteiger partial charge is 0.254 e. The molecule has 1 aliphatic rings. The Morgan fingerprint density at radius 3 is 2.42 bits per heavy atom. The Morgan fingerprint density at radius 1 is 1.00 bits per heavy atom. The molecule has 0 saturated carbocycles. The minimum atomic E-state index is -0.137. The van der Waals surface area contributed by atoms with E-state index in [4.69, 9.17) is 0 Å². The first kappa shape index (κ1) is 22.8. The molecular formula is C25H33N3O3. The molecule has 1 N–H and O–H groups in total. The summed E-state index contributed by atoms with van der Waals surface area (Å²) in [5.41, 5.74) is 0.711. The number of benzene rings is 2. The van der Waals surface area contributed by atoms with E-state index in [1.54, 1.807) is 4.90 Å². The normalized spacial score (nSPS) is 14.5. The Bertz CT molecular complexity index is 914. The summed E-state index contributed by atoms with van der Waals surface area (Å²) in [6, 6.07) is 13.7. The Balaban J connectivity index is 1.61. The van der Waals surface area contributed by atoms with Crippen LogP contribution in [0.25, 0.3) is 10.8 Å². The average molecular weight is 424 g/mol. The maximum absolute atomic E-state index is 13.2. The molecule has 1 heterocycles. The number of piperidine rings is 1. The lowest BCUT2D eigenvalue weighted by Crippen LogP contribution is -2.47. The summed E-state index contributed by atoms with van der Waals surface area (Å²) in [6.07, 6.45) is 2.94. The van der Waals surface area contributed by atoms with Gasteiger partial charge in [0.15, 0.2) is 0 Å². The van der Waals surface area contributed by atoms with E-state index < -0.39 is 0 Å². The van der Waals surface area contributed by atoms with Crippen molar-refractivity contribution < 1.29 is 14.4 Å². The molecule has 3 rings (SSSR count). The van der Waals surface area contributed by atoms with Crippen LogP contribution in [0.5, 0.6) is 0 Å². The Morgan fingerprint density at radius 2 is 1.71 bits per heavy atom. The van der Waals surface area contributed by atoms with Crippen LogP contribution in [0.15, 0.2) is 42.5 Å². The van der Waals surface area contributed by atoms with E-state index in [-0.39, 0.29) is 30.2 Å². The summed E-state index contributed by atoms with van der Waals surface area (Å²) in [5, 5.41) is 4.86. The van der Waals surface area contributed by atoms with Gasteiger partial charge < -0.3 is 15.1 Å². The third-order valence-corrected chi connectivity index (χ3v) is 5.86. The minimum absolute atomic E-state index is 0.0204. The van der Waals surface area contributed by atoms with Crippen molar-refractivity contribution in [2.24, 2.45) is 5.92 Å². The molecule has 0 radical (unpaired) electrons. The van der Waals surface area contributed by atoms with Gasteiger partial charge in [0.2, 0.25) is 11.8 Å². The lowest BCUT2D eigenvalue weighted by Gasteiger charge is -2.34. The van der Waals surface area contributed by atoms with Gasteiger partial charge in [-0.05, 0) is 42.5 Å². The van der Waals surface area contributed by atoms with Crippen molar-refractivity contribution in [3.63, 3.8) is 0 Å². The van der Waals surface area contributed by atoms with Crippen molar-refractivity contribution in [1.29, 1.82) is 0 Å². The quantitative estimate of drug-likeness (QED) is 0.707. The topological polar surface area (TPSA) is 69.7 Å². The second-order valence-corrected chi connectivity index (χ2v) is 8.20. The van der Waals surface area contributed by atoms with E-state index in [0.717, 1.165) is 23.6 Å². The molecule has 1 aliphatic heterocycles. The first-order chi connectivity index (χ1) is 15.0. The number of hydrogen-bond acceptors (Lipinski definition) is 3. The van der Waals surface area contributed by atoms with Gasteiger partial charge in [-0.3, -0.25) is 14.4 Å². The van der Waals surface area contributed by atoms with Crippen LogP contribution in [0.1, 0.15) is 49.9 Å². The van der Waals surface area contributed by atoms with Crippen molar-refractivity contribution in [2.45, 2.75) is 39.5 Å². The fourth-order valence-corrected chi connectivity index (χ4v) is 4.20. The van der Waals surface area contributed by atoms with Crippen molar-refractivity contribution in [1.82, 2.24) is 15.1 Å². The van der Waals surface area contributed by atoms with E-state index >= 15 is 0 Å². The first-order valence-corrected chi connectivity index (χ1v) is 11.4. The Kier molecular flexibility index (Phi) is 8.04. The second-order valence-electron chi connectivity index (χ2n) is 8.20. The SMILES string of the molecule is CCCNC(=O)CN(CCC)C(=O)C1CCN(C(=O)c2cccc3ccccc23)CC1. The maximum Gasteiger partial charge on any atom is 0.254 e. The van der Waals surface area contributed by atoms with Crippen LogP contribution in [0.2, 0.25) is 0 Å². The molecular weight excluding hydrogens is 390 g/mol. The third kappa shape index (κ3) is 5.63. The zero-order chi connectivity index (χ0) is 22.2. The van der Waals surface area contributed by atoms with Gasteiger partial charge in [-0.25, -0.2) is 0 Å². The van der Waals surface area contributed by atoms with E-state index in [2.05, 4.69) is 5.32 Å². The van der Waals surface area contributed by atoms with Crippen LogP contribution in [0.3, 0.4) is 0 Å². The lowest BCUT2D eigenvalue weighted by atomic mass is 9.94. The third-order valence-electron chi connectivity index (χ3n) is 5.86. The number of amides is 3. The number of hydrogen-bond donors (Lipinski definition) is 1. The monoisotopic (exact) mass is 423 g/mol. The highest BCUT2D eigenvalue weighted by Gasteiger charge is 2.31. The van der Waals surface area contributed by atoms with Crippen LogP contribution >= 0.6 is 0 Å². The molecule has 1 saturated heterocycles. The molecule has 0 bridgehead atoms. The van der Waals surface area contributed by atoms with E-state index in [9.17, 15) is 14.4 Å². The number of nitrogens with one attached hydrogen (secondary N) is 1. The standard InChI is InChI=1S/C25H33N3O3/c1-3-14-26-23(29)18-28(15-4-2)24(30)20-12-16-27(17-13-20)25(31)22-11-7-9-19-8-5-6-10-21(19)22/h5-11,20H,3-4,12-18H2,1-2H3,(H,26,29). The van der Waals surface area contributed by atoms with Gasteiger partial charge in [-0.2, -0.15) is 0 Å². The van der Waals surface area contributed by atoms with Crippen LogP contribution in [-0.2, 0) is 9.59 Å². The van der Waals surface area contributed by atoms with Crippen LogP contribution in [-0.4, -0.2) is 60.2 Å². The van der Waals surface area contributed by atoms with Crippen molar-refractivity contribution in [2.75, 3.05) is 32.7 Å². The molecule has 6 heteroatoms. The van der Waals surface area contributed by atoms with E-state index in [1.807, 2.05) is 61.2 Å². The van der Waals surface area contributed by atoms with Gasteiger partial charge in [0.25, 0.3) is 5.91 Å². The molecule has 2 aromatic carbocycles. The van der Waals surface area contributed by atoms with Gasteiger partial charge in [0.05, 0.1) is 6.54 Å². The Labute approximate surface area is 184 Å². The number of carbonyl (C=O) groups is 3. The molecule has 0 aliphatic carbocycles. The summed E-state index contributed by atoms with van der Waals surface area (Å²) in [7, 11) is 0. The molecule has 0 aromatic heterocycles. The fraction of sp³-hybridized carbons (Fsp3) is 0.480. The molecule has 166 valence electrons. The van der Waals surface area contributed by atoms with Crippen LogP contribution in [0, 0.1) is 5.92 Å². The van der Waals surface area contributed by atoms with Crippen molar-refractivity contribution in [3.8, 4) is 0 Å². The molecule has 1 fully saturated rings. The van der Waals surface area contributed by atoms with Gasteiger partial charge in [0, 0.05) is 37.7 Å². The molecule has 2 aromatic rings. The minimum Gasteiger partial charge on any atom is -0.355 e. The summed E-state index contributed by atoms with van der Waals surface area (Å²) in [6.45, 7) is 6.44. The summed E-state index contributed by atoms with van der Waals surface area (Å²) < 4.78 is 0. The molecule has 0 atom stereocenters. The van der Waals surface area contributed by atoms with Gasteiger partial charge in [0.1, 0.15) is 0 Å². The Hall–Kier alpha value is -2.89. The molecule has 0 unspecified atom stereocenters. The molecule has 3 amide bonds. The second kappa shape index (κ2) is 10.9. The predicted octanol–water partition coefficient (Wildman–Crippen LogP) is 3.46. The van der Waals surface area contributed by atoms with Gasteiger partial charge >= 0.3 is 0 Å². The maximum atomic E-state index is 13.2. The largest absolute Gasteiger partial charge is 0.355 e. The molecule has 31 heavy (non-hydrogen) atoms. The lowest BCUT2D eigenvalue weighted by molar-refractivity contribution is -0.140. The van der Waals surface area contributed by atoms with E-state index in [0.29, 0.717) is 44.6 Å². The van der Waals surface area contributed by atoms with Gasteiger partial charge in [-0.15, -0.1) is 0 Å². The average Bonchev–Trinajstić information content (AvgIpc) is 2.81. The predicted molar refractivity (Wildman–Crippen MR) is 123 cm³/mol. The zero-order valence-electron chi connectivity index (χ0n) is 18.6. The summed E-state index contributed by atoms with van der Waals surface area (Å²) >= 11 is 0. The van der Waals surface area contributed by atoms with Crippen LogP contribution < -0.4 is 5.32 Å². The highest BCUT2D eigenvalue weighted by Crippen LogP contribution is 2.24. The first-order valence-electron chi connectivity index (χ1n) is 11.4.